The third-order valence-corrected chi connectivity index (χ3v) is 2.68. The molecule has 0 aliphatic heterocycles. The summed E-state index contributed by atoms with van der Waals surface area (Å²) in [4.78, 5) is 17.8. The van der Waals surface area contributed by atoms with Gasteiger partial charge in [0.05, 0.1) is 12.5 Å². The van der Waals surface area contributed by atoms with Crippen molar-refractivity contribution in [2.24, 2.45) is 0 Å². The molecule has 0 fully saturated rings. The number of aromatic nitrogens is 4. The zero-order valence-corrected chi connectivity index (χ0v) is 9.52. The quantitative estimate of drug-likeness (QED) is 0.795. The molecule has 0 radical (unpaired) electrons. The van der Waals surface area contributed by atoms with Crippen molar-refractivity contribution in [2.45, 2.75) is 6.92 Å². The van der Waals surface area contributed by atoms with Crippen LogP contribution in [0.2, 0.25) is 0 Å². The lowest BCUT2D eigenvalue weighted by molar-refractivity contribution is 0.827. The summed E-state index contributed by atoms with van der Waals surface area (Å²) in [7, 11) is 0. The topological polar surface area (TPSA) is 63.6 Å². The van der Waals surface area contributed by atoms with Gasteiger partial charge < -0.3 is 4.98 Å². The summed E-state index contributed by atoms with van der Waals surface area (Å²) < 4.78 is 2.12. The van der Waals surface area contributed by atoms with Crippen molar-refractivity contribution in [3.05, 3.63) is 38.2 Å². The van der Waals surface area contributed by atoms with E-state index in [1.165, 1.54) is 6.33 Å². The van der Waals surface area contributed by atoms with Crippen molar-refractivity contribution in [2.75, 3.05) is 0 Å². The minimum absolute atomic E-state index is 0.149. The normalized spacial score (nSPS) is 10.4. The van der Waals surface area contributed by atoms with Gasteiger partial charge >= 0.3 is 0 Å². The van der Waals surface area contributed by atoms with Gasteiger partial charge in [-0.3, -0.25) is 4.79 Å². The Morgan fingerprint density at radius 1 is 1.57 bits per heavy atom. The van der Waals surface area contributed by atoms with E-state index in [-0.39, 0.29) is 5.56 Å². The molecule has 0 aliphatic carbocycles. The van der Waals surface area contributed by atoms with E-state index < -0.39 is 0 Å². The highest BCUT2D eigenvalue weighted by Gasteiger charge is 2.07. The number of aryl methyl sites for hydroxylation is 1. The molecule has 2 rings (SSSR count). The molecule has 6 heteroatoms. The molecule has 2 heterocycles. The van der Waals surface area contributed by atoms with Crippen LogP contribution in [0.15, 0.2) is 23.5 Å². The number of H-pyrrole nitrogens is 1. The fourth-order valence-electron chi connectivity index (χ4n) is 1.06. The van der Waals surface area contributed by atoms with Crippen molar-refractivity contribution in [1.82, 2.24) is 19.7 Å². The molecule has 0 aliphatic rings. The van der Waals surface area contributed by atoms with Crippen LogP contribution in [0.4, 0.5) is 0 Å². The van der Waals surface area contributed by atoms with E-state index in [4.69, 9.17) is 0 Å². The number of nitrogens with zero attached hydrogens (tertiary/aromatic N) is 3. The van der Waals surface area contributed by atoms with Gasteiger partial charge in [-0.15, -0.1) is 0 Å². The summed E-state index contributed by atoms with van der Waals surface area (Å²) >= 11 is 1.95. The smallest absolute Gasteiger partial charge is 0.266 e. The van der Waals surface area contributed by atoms with E-state index in [1.54, 1.807) is 10.9 Å². The van der Waals surface area contributed by atoms with Crippen LogP contribution in [0, 0.1) is 10.5 Å². The first-order chi connectivity index (χ1) is 6.68. The Labute approximate surface area is 93.3 Å². The fourth-order valence-corrected chi connectivity index (χ4v) is 1.60. The van der Waals surface area contributed by atoms with Crippen LogP contribution in [-0.2, 0) is 0 Å². The van der Waals surface area contributed by atoms with Crippen LogP contribution < -0.4 is 5.56 Å². The predicted molar refractivity (Wildman–Crippen MR) is 59.4 cm³/mol. The first-order valence-corrected chi connectivity index (χ1v) is 5.01. The van der Waals surface area contributed by atoms with Crippen LogP contribution in [0.25, 0.3) is 5.82 Å². The Morgan fingerprint density at radius 3 is 3.00 bits per heavy atom. The molecule has 0 aromatic carbocycles. The van der Waals surface area contributed by atoms with E-state index in [9.17, 15) is 4.79 Å². The highest BCUT2D eigenvalue weighted by atomic mass is 127. The Morgan fingerprint density at radius 2 is 2.36 bits per heavy atom. The lowest BCUT2D eigenvalue weighted by atomic mass is 10.4. The molecule has 0 atom stereocenters. The SMILES string of the molecule is Cc1cnn(-c2nc[nH]c(=O)c2I)c1. The number of rotatable bonds is 1. The molecule has 0 bridgehead atoms. The second-order valence-corrected chi connectivity index (χ2v) is 3.91. The Kier molecular flexibility index (Phi) is 2.36. The van der Waals surface area contributed by atoms with Crippen LogP contribution in [0.3, 0.4) is 0 Å². The molecule has 0 saturated carbocycles. The third kappa shape index (κ3) is 1.57. The third-order valence-electron chi connectivity index (χ3n) is 1.71. The van der Waals surface area contributed by atoms with Crippen molar-refractivity contribution in [3.63, 3.8) is 0 Å². The largest absolute Gasteiger partial charge is 0.312 e. The van der Waals surface area contributed by atoms with Crippen LogP contribution in [0.5, 0.6) is 0 Å². The molecular weight excluding hydrogens is 295 g/mol. The molecule has 0 unspecified atom stereocenters. The molecular formula is C8H7IN4O. The highest BCUT2D eigenvalue weighted by Crippen LogP contribution is 2.08. The van der Waals surface area contributed by atoms with E-state index in [1.807, 2.05) is 35.7 Å². The minimum Gasteiger partial charge on any atom is -0.312 e. The second kappa shape index (κ2) is 3.52. The van der Waals surface area contributed by atoms with Gasteiger partial charge in [-0.1, -0.05) is 0 Å². The maximum atomic E-state index is 11.3. The van der Waals surface area contributed by atoms with Gasteiger partial charge in [-0.2, -0.15) is 5.10 Å². The number of aromatic amines is 1. The summed E-state index contributed by atoms with van der Waals surface area (Å²) in [5.41, 5.74) is 0.881. The summed E-state index contributed by atoms with van der Waals surface area (Å²) in [6, 6.07) is 0. The predicted octanol–water partition coefficient (Wildman–Crippen LogP) is 0.869. The van der Waals surface area contributed by atoms with Crippen LogP contribution in [0.1, 0.15) is 5.56 Å². The van der Waals surface area contributed by atoms with E-state index in [2.05, 4.69) is 15.1 Å². The summed E-state index contributed by atoms with van der Waals surface area (Å²) in [6.45, 7) is 1.93. The molecule has 1 N–H and O–H groups in total. The number of halogens is 1. The molecule has 2 aromatic heterocycles. The lowest BCUT2D eigenvalue weighted by Crippen LogP contribution is -2.15. The number of hydrogen-bond acceptors (Lipinski definition) is 3. The zero-order chi connectivity index (χ0) is 10.1. The highest BCUT2D eigenvalue weighted by molar-refractivity contribution is 14.1. The Bertz CT molecular complexity index is 516. The van der Waals surface area contributed by atoms with Gasteiger partial charge in [-0.05, 0) is 35.1 Å². The average Bonchev–Trinajstić information content (AvgIpc) is 2.57. The van der Waals surface area contributed by atoms with Crippen molar-refractivity contribution in [1.29, 1.82) is 0 Å². The maximum absolute atomic E-state index is 11.3. The van der Waals surface area contributed by atoms with Gasteiger partial charge in [0.25, 0.3) is 5.56 Å². The summed E-state index contributed by atoms with van der Waals surface area (Å²) in [5, 5.41) is 4.08. The second-order valence-electron chi connectivity index (χ2n) is 2.83. The van der Waals surface area contributed by atoms with E-state index in [0.717, 1.165) is 5.56 Å². The summed E-state index contributed by atoms with van der Waals surface area (Å²) in [5.74, 6) is 0.558. The van der Waals surface area contributed by atoms with Gasteiger partial charge in [0.15, 0.2) is 5.82 Å². The summed E-state index contributed by atoms with van der Waals surface area (Å²) in [6.07, 6.45) is 4.92. The van der Waals surface area contributed by atoms with Crippen molar-refractivity contribution in [3.8, 4) is 5.82 Å². The first kappa shape index (κ1) is 9.38. The van der Waals surface area contributed by atoms with Gasteiger partial charge in [0.1, 0.15) is 3.57 Å². The van der Waals surface area contributed by atoms with Crippen LogP contribution >= 0.6 is 22.6 Å². The van der Waals surface area contributed by atoms with Gasteiger partial charge in [0, 0.05) is 6.20 Å². The molecule has 5 nitrogen and oxygen atoms in total. The Hall–Kier alpha value is -1.18. The molecule has 72 valence electrons. The Balaban J connectivity index is 2.63. The molecule has 0 amide bonds. The first-order valence-electron chi connectivity index (χ1n) is 3.93. The number of hydrogen-bond donors (Lipinski definition) is 1. The number of nitrogens with one attached hydrogen (secondary N) is 1. The van der Waals surface area contributed by atoms with Crippen molar-refractivity contribution >= 4 is 22.6 Å². The van der Waals surface area contributed by atoms with E-state index in [0.29, 0.717) is 9.39 Å². The molecule has 14 heavy (non-hydrogen) atoms. The standard InChI is InChI=1S/C8H7IN4O/c1-5-2-12-13(3-5)7-6(9)8(14)11-4-10-7/h2-4H,1H3,(H,10,11,14). The fraction of sp³-hybridized carbons (Fsp3) is 0.125. The molecule has 2 aromatic rings. The monoisotopic (exact) mass is 302 g/mol. The van der Waals surface area contributed by atoms with Gasteiger partial charge in [-0.25, -0.2) is 9.67 Å². The van der Waals surface area contributed by atoms with Gasteiger partial charge in [0.2, 0.25) is 0 Å². The van der Waals surface area contributed by atoms with Crippen LogP contribution in [-0.4, -0.2) is 19.7 Å². The zero-order valence-electron chi connectivity index (χ0n) is 7.36. The molecule has 0 spiro atoms. The average molecular weight is 302 g/mol. The van der Waals surface area contributed by atoms with E-state index >= 15 is 0 Å². The maximum Gasteiger partial charge on any atom is 0.266 e. The lowest BCUT2D eigenvalue weighted by Gasteiger charge is -2.00. The minimum atomic E-state index is -0.149. The molecule has 0 saturated heterocycles. The van der Waals surface area contributed by atoms with Crippen molar-refractivity contribution < 1.29 is 0 Å².